The predicted octanol–water partition coefficient (Wildman–Crippen LogP) is 5.84. The fourth-order valence-corrected chi connectivity index (χ4v) is 5.53. The van der Waals surface area contributed by atoms with E-state index in [1.165, 1.54) is 6.92 Å². The summed E-state index contributed by atoms with van der Waals surface area (Å²) in [6.45, 7) is 5.27. The Kier molecular flexibility index (Phi) is 8.74. The molecular weight excluding hydrogens is 508 g/mol. The molecule has 1 amide bonds. The Morgan fingerprint density at radius 3 is 1.92 bits per heavy atom. The summed E-state index contributed by atoms with van der Waals surface area (Å²) < 4.78 is 28.9. The van der Waals surface area contributed by atoms with Crippen LogP contribution in [0.4, 0.5) is 0 Å². The van der Waals surface area contributed by atoms with Gasteiger partial charge in [0.05, 0.1) is 10.9 Å². The molecule has 0 aliphatic heterocycles. The first-order chi connectivity index (χ1) is 18.7. The number of carbonyl (C=O) groups excluding carboxylic acids is 2. The normalized spacial score (nSPS) is 12.2. The molecule has 0 saturated heterocycles. The smallest absolute Gasteiger partial charge is 0.252 e. The van der Waals surface area contributed by atoms with E-state index in [9.17, 15) is 18.0 Å². The molecule has 4 aromatic carbocycles. The van der Waals surface area contributed by atoms with Crippen LogP contribution in [0.5, 0.6) is 0 Å². The standard InChI is InChI=1S/C32H32N2O4S/c1-22(2)31(23(3)35)34-32(36)30-16-10-9-15-29(30)28-14-8-7-13-26(28)21-33-39(37,38)27-19-17-25(18-20-27)24-11-5-4-6-12-24/h4-20,22,31,33H,21H2,1-3H3,(H,34,36)/t31-/m0/s1. The Labute approximate surface area is 230 Å². The van der Waals surface area contributed by atoms with Gasteiger partial charge >= 0.3 is 0 Å². The summed E-state index contributed by atoms with van der Waals surface area (Å²) >= 11 is 0. The highest BCUT2D eigenvalue weighted by atomic mass is 32.2. The maximum atomic E-state index is 13.2. The second kappa shape index (κ2) is 12.2. The number of rotatable bonds is 10. The maximum absolute atomic E-state index is 13.2. The van der Waals surface area contributed by atoms with Crippen LogP contribution < -0.4 is 10.0 Å². The number of hydrogen-bond acceptors (Lipinski definition) is 4. The summed E-state index contributed by atoms with van der Waals surface area (Å²) in [6.07, 6.45) is 0. The SMILES string of the molecule is CC(=O)[C@@H](NC(=O)c1ccccc1-c1ccccc1CNS(=O)(=O)c1ccc(-c2ccccc2)cc1)C(C)C. The Balaban J connectivity index is 1.57. The van der Waals surface area contributed by atoms with Crippen LogP contribution in [-0.4, -0.2) is 26.2 Å². The molecule has 2 N–H and O–H groups in total. The van der Waals surface area contributed by atoms with Crippen molar-refractivity contribution < 1.29 is 18.0 Å². The van der Waals surface area contributed by atoms with Crippen molar-refractivity contribution >= 4 is 21.7 Å². The van der Waals surface area contributed by atoms with Gasteiger partial charge in [0.2, 0.25) is 10.0 Å². The van der Waals surface area contributed by atoms with E-state index < -0.39 is 16.1 Å². The van der Waals surface area contributed by atoms with Crippen molar-refractivity contribution in [2.45, 2.75) is 38.3 Å². The molecule has 0 unspecified atom stereocenters. The van der Waals surface area contributed by atoms with Crippen LogP contribution in [0.15, 0.2) is 108 Å². The lowest BCUT2D eigenvalue weighted by Gasteiger charge is -2.21. The van der Waals surface area contributed by atoms with E-state index in [0.29, 0.717) is 16.7 Å². The van der Waals surface area contributed by atoms with Gasteiger partial charge < -0.3 is 5.32 Å². The first-order valence-corrected chi connectivity index (χ1v) is 14.3. The number of amides is 1. The van der Waals surface area contributed by atoms with Crippen LogP contribution in [0.25, 0.3) is 22.3 Å². The van der Waals surface area contributed by atoms with Gasteiger partial charge in [0.15, 0.2) is 5.78 Å². The quantitative estimate of drug-likeness (QED) is 0.264. The third-order valence-corrected chi connectivity index (χ3v) is 8.01. The van der Waals surface area contributed by atoms with E-state index in [4.69, 9.17) is 0 Å². The number of carbonyl (C=O) groups is 2. The molecule has 4 aromatic rings. The predicted molar refractivity (Wildman–Crippen MR) is 155 cm³/mol. The second-order valence-electron chi connectivity index (χ2n) is 9.72. The van der Waals surface area contributed by atoms with E-state index >= 15 is 0 Å². The van der Waals surface area contributed by atoms with E-state index in [-0.39, 0.29) is 29.0 Å². The highest BCUT2D eigenvalue weighted by Gasteiger charge is 2.23. The van der Waals surface area contributed by atoms with Gasteiger partial charge in [-0.2, -0.15) is 0 Å². The zero-order valence-corrected chi connectivity index (χ0v) is 23.0. The molecule has 0 heterocycles. The molecule has 0 spiro atoms. The maximum Gasteiger partial charge on any atom is 0.252 e. The third-order valence-electron chi connectivity index (χ3n) is 6.59. The first kappa shape index (κ1) is 28.0. The van der Waals surface area contributed by atoms with Crippen LogP contribution >= 0.6 is 0 Å². The lowest BCUT2D eigenvalue weighted by Crippen LogP contribution is -2.43. The Hall–Kier alpha value is -4.07. The minimum absolute atomic E-state index is 0.0387. The van der Waals surface area contributed by atoms with Gasteiger partial charge in [-0.1, -0.05) is 98.8 Å². The van der Waals surface area contributed by atoms with E-state index in [1.54, 1.807) is 36.4 Å². The largest absolute Gasteiger partial charge is 0.342 e. The average Bonchev–Trinajstić information content (AvgIpc) is 2.95. The fourth-order valence-electron chi connectivity index (χ4n) is 4.52. The lowest BCUT2D eigenvalue weighted by molar-refractivity contribution is -0.119. The third kappa shape index (κ3) is 6.69. The van der Waals surface area contributed by atoms with Crippen molar-refractivity contribution in [1.29, 1.82) is 0 Å². The van der Waals surface area contributed by atoms with Gasteiger partial charge in [-0.05, 0) is 58.9 Å². The Bertz CT molecular complexity index is 1560. The van der Waals surface area contributed by atoms with E-state index in [0.717, 1.165) is 16.7 Å². The van der Waals surface area contributed by atoms with Gasteiger partial charge in [0, 0.05) is 12.1 Å². The molecule has 0 saturated carbocycles. The van der Waals surface area contributed by atoms with Crippen molar-refractivity contribution in [1.82, 2.24) is 10.0 Å². The summed E-state index contributed by atoms with van der Waals surface area (Å²) in [5, 5.41) is 2.86. The zero-order chi connectivity index (χ0) is 28.0. The summed E-state index contributed by atoms with van der Waals surface area (Å²) in [7, 11) is -3.78. The van der Waals surface area contributed by atoms with Gasteiger partial charge in [-0.25, -0.2) is 13.1 Å². The summed E-state index contributed by atoms with van der Waals surface area (Å²) in [6, 6.07) is 30.4. The van der Waals surface area contributed by atoms with Crippen molar-refractivity contribution in [3.05, 3.63) is 114 Å². The highest BCUT2D eigenvalue weighted by molar-refractivity contribution is 7.89. The molecule has 0 fully saturated rings. The molecule has 0 aliphatic carbocycles. The van der Waals surface area contributed by atoms with Gasteiger partial charge in [-0.15, -0.1) is 0 Å². The van der Waals surface area contributed by atoms with Crippen LogP contribution in [0, 0.1) is 5.92 Å². The Morgan fingerprint density at radius 2 is 1.28 bits per heavy atom. The van der Waals surface area contributed by atoms with Gasteiger partial charge in [0.1, 0.15) is 0 Å². The number of Topliss-reactive ketones (excluding diaryl/α,β-unsaturated/α-hetero) is 1. The minimum atomic E-state index is -3.78. The van der Waals surface area contributed by atoms with Crippen molar-refractivity contribution in [2.24, 2.45) is 5.92 Å². The van der Waals surface area contributed by atoms with Crippen molar-refractivity contribution in [3.63, 3.8) is 0 Å². The average molecular weight is 541 g/mol. The number of ketones is 1. The zero-order valence-electron chi connectivity index (χ0n) is 22.2. The van der Waals surface area contributed by atoms with Crippen molar-refractivity contribution in [3.8, 4) is 22.3 Å². The molecule has 4 rings (SSSR count). The highest BCUT2D eigenvalue weighted by Crippen LogP contribution is 2.28. The van der Waals surface area contributed by atoms with E-state index in [1.807, 2.05) is 80.6 Å². The monoisotopic (exact) mass is 540 g/mol. The summed E-state index contributed by atoms with van der Waals surface area (Å²) in [5.41, 5.74) is 4.45. The minimum Gasteiger partial charge on any atom is -0.342 e. The van der Waals surface area contributed by atoms with E-state index in [2.05, 4.69) is 10.0 Å². The molecule has 0 aliphatic rings. The summed E-state index contributed by atoms with van der Waals surface area (Å²) in [4.78, 5) is 25.5. The molecule has 200 valence electrons. The number of hydrogen-bond donors (Lipinski definition) is 2. The molecule has 7 heteroatoms. The first-order valence-electron chi connectivity index (χ1n) is 12.8. The topological polar surface area (TPSA) is 92.3 Å². The van der Waals surface area contributed by atoms with Crippen molar-refractivity contribution in [2.75, 3.05) is 0 Å². The summed E-state index contributed by atoms with van der Waals surface area (Å²) in [5.74, 6) is -0.516. The number of benzene rings is 4. The molecular formula is C32H32N2O4S. The molecule has 1 atom stereocenters. The van der Waals surface area contributed by atoms with Gasteiger partial charge in [0.25, 0.3) is 5.91 Å². The van der Waals surface area contributed by atoms with Crippen LogP contribution in [0.3, 0.4) is 0 Å². The molecule has 39 heavy (non-hydrogen) atoms. The number of nitrogens with one attached hydrogen (secondary N) is 2. The second-order valence-corrected chi connectivity index (χ2v) is 11.5. The molecule has 6 nitrogen and oxygen atoms in total. The molecule has 0 bridgehead atoms. The molecule has 0 radical (unpaired) electrons. The molecule has 0 aromatic heterocycles. The van der Waals surface area contributed by atoms with Crippen LogP contribution in [0.2, 0.25) is 0 Å². The Morgan fingerprint density at radius 1 is 0.718 bits per heavy atom. The van der Waals surface area contributed by atoms with Gasteiger partial charge in [-0.3, -0.25) is 9.59 Å². The van der Waals surface area contributed by atoms with Crippen LogP contribution in [0.1, 0.15) is 36.7 Å². The number of sulfonamides is 1. The van der Waals surface area contributed by atoms with Crippen LogP contribution in [-0.2, 0) is 21.4 Å². The lowest BCUT2D eigenvalue weighted by atomic mass is 9.94. The fraction of sp³-hybridized carbons (Fsp3) is 0.188.